The molecule has 1 heterocycles. The Balaban J connectivity index is 2.21. The van der Waals surface area contributed by atoms with Crippen molar-refractivity contribution < 1.29 is 0 Å². The molecule has 0 bridgehead atoms. The van der Waals surface area contributed by atoms with Crippen LogP contribution in [0.15, 0.2) is 24.5 Å². The van der Waals surface area contributed by atoms with Gasteiger partial charge in [-0.1, -0.05) is 19.4 Å². The Morgan fingerprint density at radius 2 is 2.43 bits per heavy atom. The molecule has 3 nitrogen and oxygen atoms in total. The second-order valence-electron chi connectivity index (χ2n) is 3.50. The number of rotatable bonds is 6. The molecule has 1 rings (SSSR count). The first-order valence-corrected chi connectivity index (χ1v) is 5.16. The van der Waals surface area contributed by atoms with Gasteiger partial charge in [-0.05, 0) is 30.6 Å². The number of nitrogens with two attached hydrogens (primary N) is 1. The molecular formula is C11H19N3. The highest BCUT2D eigenvalue weighted by atomic mass is 14.9. The number of hydrogen-bond acceptors (Lipinski definition) is 3. The monoisotopic (exact) mass is 193 g/mol. The smallest absolute Gasteiger partial charge is 0.0312 e. The molecule has 0 aliphatic carbocycles. The lowest BCUT2D eigenvalue weighted by Crippen LogP contribution is -2.27. The molecule has 1 aromatic rings. The SMILES string of the molecule is CCC(CN)CNCc1cccnc1. The third kappa shape index (κ3) is 3.85. The van der Waals surface area contributed by atoms with Crippen LogP contribution in [0.2, 0.25) is 0 Å². The van der Waals surface area contributed by atoms with Crippen molar-refractivity contribution in [2.24, 2.45) is 11.7 Å². The topological polar surface area (TPSA) is 50.9 Å². The molecule has 0 saturated carbocycles. The van der Waals surface area contributed by atoms with Crippen LogP contribution in [0.25, 0.3) is 0 Å². The van der Waals surface area contributed by atoms with Gasteiger partial charge in [0.05, 0.1) is 0 Å². The van der Waals surface area contributed by atoms with Crippen LogP contribution in [0.5, 0.6) is 0 Å². The van der Waals surface area contributed by atoms with Crippen molar-refractivity contribution >= 4 is 0 Å². The lowest BCUT2D eigenvalue weighted by atomic mass is 10.1. The summed E-state index contributed by atoms with van der Waals surface area (Å²) in [7, 11) is 0. The van der Waals surface area contributed by atoms with E-state index in [1.807, 2.05) is 12.3 Å². The number of nitrogens with zero attached hydrogens (tertiary/aromatic N) is 1. The van der Waals surface area contributed by atoms with E-state index in [9.17, 15) is 0 Å². The molecule has 3 heteroatoms. The number of aromatic nitrogens is 1. The van der Waals surface area contributed by atoms with E-state index in [0.29, 0.717) is 5.92 Å². The fourth-order valence-corrected chi connectivity index (χ4v) is 1.32. The summed E-state index contributed by atoms with van der Waals surface area (Å²) in [5.74, 6) is 0.590. The van der Waals surface area contributed by atoms with Crippen LogP contribution in [0.3, 0.4) is 0 Å². The predicted molar refractivity (Wildman–Crippen MR) is 58.8 cm³/mol. The van der Waals surface area contributed by atoms with Gasteiger partial charge in [0.1, 0.15) is 0 Å². The Morgan fingerprint density at radius 1 is 1.57 bits per heavy atom. The van der Waals surface area contributed by atoms with Gasteiger partial charge in [-0.3, -0.25) is 4.98 Å². The quantitative estimate of drug-likeness (QED) is 0.712. The van der Waals surface area contributed by atoms with Gasteiger partial charge < -0.3 is 11.1 Å². The summed E-state index contributed by atoms with van der Waals surface area (Å²) in [5.41, 5.74) is 6.83. The standard InChI is InChI=1S/C11H19N3/c1-2-10(6-12)7-14-9-11-4-3-5-13-8-11/h3-5,8,10,14H,2,6-7,9,12H2,1H3. The molecule has 0 spiro atoms. The third-order valence-corrected chi connectivity index (χ3v) is 2.40. The molecule has 0 fully saturated rings. The van der Waals surface area contributed by atoms with E-state index in [1.54, 1.807) is 6.20 Å². The van der Waals surface area contributed by atoms with Gasteiger partial charge in [0.25, 0.3) is 0 Å². The van der Waals surface area contributed by atoms with Crippen molar-refractivity contribution in [2.75, 3.05) is 13.1 Å². The Kier molecular flexibility index (Phi) is 5.19. The van der Waals surface area contributed by atoms with Crippen molar-refractivity contribution in [1.29, 1.82) is 0 Å². The van der Waals surface area contributed by atoms with Gasteiger partial charge in [0, 0.05) is 18.9 Å². The van der Waals surface area contributed by atoms with E-state index in [4.69, 9.17) is 5.73 Å². The zero-order chi connectivity index (χ0) is 10.2. The van der Waals surface area contributed by atoms with E-state index >= 15 is 0 Å². The van der Waals surface area contributed by atoms with Crippen LogP contribution < -0.4 is 11.1 Å². The molecule has 78 valence electrons. The summed E-state index contributed by atoms with van der Waals surface area (Å²) in [5, 5.41) is 3.38. The van der Waals surface area contributed by atoms with Gasteiger partial charge in [-0.25, -0.2) is 0 Å². The summed E-state index contributed by atoms with van der Waals surface area (Å²) < 4.78 is 0. The molecule has 1 aromatic heterocycles. The first kappa shape index (κ1) is 11.1. The maximum absolute atomic E-state index is 5.61. The van der Waals surface area contributed by atoms with E-state index in [1.165, 1.54) is 5.56 Å². The molecule has 0 amide bonds. The number of hydrogen-bond donors (Lipinski definition) is 2. The van der Waals surface area contributed by atoms with Crippen molar-refractivity contribution in [1.82, 2.24) is 10.3 Å². The maximum atomic E-state index is 5.61. The second kappa shape index (κ2) is 6.51. The van der Waals surface area contributed by atoms with Crippen molar-refractivity contribution in [3.63, 3.8) is 0 Å². The van der Waals surface area contributed by atoms with E-state index in [-0.39, 0.29) is 0 Å². The number of pyridine rings is 1. The van der Waals surface area contributed by atoms with Crippen LogP contribution >= 0.6 is 0 Å². The van der Waals surface area contributed by atoms with Gasteiger partial charge in [0.15, 0.2) is 0 Å². The second-order valence-corrected chi connectivity index (χ2v) is 3.50. The Labute approximate surface area is 85.7 Å². The van der Waals surface area contributed by atoms with Gasteiger partial charge in [0.2, 0.25) is 0 Å². The van der Waals surface area contributed by atoms with E-state index in [2.05, 4.69) is 23.3 Å². The average molecular weight is 193 g/mol. The lowest BCUT2D eigenvalue weighted by molar-refractivity contribution is 0.471. The maximum Gasteiger partial charge on any atom is 0.0312 e. The molecule has 0 saturated heterocycles. The van der Waals surface area contributed by atoms with Crippen molar-refractivity contribution in [3.05, 3.63) is 30.1 Å². The van der Waals surface area contributed by atoms with E-state index < -0.39 is 0 Å². The lowest BCUT2D eigenvalue weighted by Gasteiger charge is -2.12. The Bertz CT molecular complexity index is 232. The van der Waals surface area contributed by atoms with E-state index in [0.717, 1.165) is 26.1 Å². The van der Waals surface area contributed by atoms with Crippen molar-refractivity contribution in [2.45, 2.75) is 19.9 Å². The van der Waals surface area contributed by atoms with Gasteiger partial charge >= 0.3 is 0 Å². The highest BCUT2D eigenvalue weighted by Gasteiger charge is 2.02. The fraction of sp³-hybridized carbons (Fsp3) is 0.545. The molecule has 1 atom stereocenters. The molecule has 0 radical (unpaired) electrons. The highest BCUT2D eigenvalue weighted by molar-refractivity contribution is 5.07. The predicted octanol–water partition coefficient (Wildman–Crippen LogP) is 1.16. The molecule has 0 aliphatic heterocycles. The zero-order valence-corrected chi connectivity index (χ0v) is 8.74. The van der Waals surface area contributed by atoms with Gasteiger partial charge in [-0.2, -0.15) is 0 Å². The number of nitrogens with one attached hydrogen (secondary N) is 1. The minimum atomic E-state index is 0.590. The summed E-state index contributed by atoms with van der Waals surface area (Å²) in [4.78, 5) is 4.06. The average Bonchev–Trinajstić information content (AvgIpc) is 2.26. The zero-order valence-electron chi connectivity index (χ0n) is 8.74. The normalized spacial score (nSPS) is 12.7. The molecule has 3 N–H and O–H groups in total. The van der Waals surface area contributed by atoms with Crippen LogP contribution in [-0.4, -0.2) is 18.1 Å². The first-order chi connectivity index (χ1) is 6.86. The van der Waals surface area contributed by atoms with Crippen LogP contribution in [0, 0.1) is 5.92 Å². The third-order valence-electron chi connectivity index (χ3n) is 2.40. The fourth-order valence-electron chi connectivity index (χ4n) is 1.32. The van der Waals surface area contributed by atoms with Crippen LogP contribution in [0.4, 0.5) is 0 Å². The summed E-state index contributed by atoms with van der Waals surface area (Å²) >= 11 is 0. The summed E-state index contributed by atoms with van der Waals surface area (Å²) in [6.07, 6.45) is 4.81. The molecule has 1 unspecified atom stereocenters. The summed E-state index contributed by atoms with van der Waals surface area (Å²) in [6, 6.07) is 4.03. The van der Waals surface area contributed by atoms with Crippen LogP contribution in [-0.2, 0) is 6.54 Å². The van der Waals surface area contributed by atoms with Crippen LogP contribution in [0.1, 0.15) is 18.9 Å². The largest absolute Gasteiger partial charge is 0.330 e. The highest BCUT2D eigenvalue weighted by Crippen LogP contribution is 1.99. The molecule has 14 heavy (non-hydrogen) atoms. The van der Waals surface area contributed by atoms with Crippen molar-refractivity contribution in [3.8, 4) is 0 Å². The Morgan fingerprint density at radius 3 is 3.00 bits per heavy atom. The summed E-state index contributed by atoms with van der Waals surface area (Å²) in [6.45, 7) is 4.80. The minimum Gasteiger partial charge on any atom is -0.330 e. The first-order valence-electron chi connectivity index (χ1n) is 5.16. The minimum absolute atomic E-state index is 0.590. The molecule has 0 aliphatic rings. The molecule has 0 aromatic carbocycles. The molecular weight excluding hydrogens is 174 g/mol. The Hall–Kier alpha value is -0.930. The van der Waals surface area contributed by atoms with Gasteiger partial charge in [-0.15, -0.1) is 0 Å².